The van der Waals surface area contributed by atoms with Crippen LogP contribution in [0.15, 0.2) is 61.2 Å². The molecule has 0 aliphatic heterocycles. The lowest BCUT2D eigenvalue weighted by atomic mass is 10.1. The number of rotatable bonds is 12. The molecule has 0 fully saturated rings. The van der Waals surface area contributed by atoms with Crippen molar-refractivity contribution in [2.45, 2.75) is 26.7 Å². The summed E-state index contributed by atoms with van der Waals surface area (Å²) in [6.07, 6.45) is 3.14. The summed E-state index contributed by atoms with van der Waals surface area (Å²) in [5.74, 6) is 0.243. The molecule has 8 heteroatoms. The van der Waals surface area contributed by atoms with E-state index in [4.69, 9.17) is 14.2 Å². The zero-order valence-corrected chi connectivity index (χ0v) is 21.1. The Labute approximate surface area is 210 Å². The Bertz CT molecular complexity index is 1160. The van der Waals surface area contributed by atoms with E-state index >= 15 is 0 Å². The first kappa shape index (κ1) is 26.0. The van der Waals surface area contributed by atoms with E-state index < -0.39 is 5.97 Å². The fraction of sp³-hybridized carbons (Fsp3) is 0.296. The van der Waals surface area contributed by atoms with Crippen LogP contribution in [0.2, 0.25) is 0 Å². The van der Waals surface area contributed by atoms with Crippen LogP contribution in [0.5, 0.6) is 11.5 Å². The second kappa shape index (κ2) is 12.7. The number of esters is 1. The summed E-state index contributed by atoms with van der Waals surface area (Å²) in [4.78, 5) is 32.3. The maximum atomic E-state index is 13.3. The van der Waals surface area contributed by atoms with Crippen LogP contribution in [0, 0.1) is 6.92 Å². The molecule has 0 bridgehead atoms. The Morgan fingerprint density at radius 1 is 1.11 bits per heavy atom. The minimum atomic E-state index is -0.497. The number of benzene rings is 2. The van der Waals surface area contributed by atoms with Gasteiger partial charge in [0.05, 0.1) is 13.7 Å². The van der Waals surface area contributed by atoms with Crippen LogP contribution in [0.1, 0.15) is 33.4 Å². The first-order valence-corrected chi connectivity index (χ1v) is 12.2. The van der Waals surface area contributed by atoms with Gasteiger partial charge < -0.3 is 14.2 Å². The number of hydrogen-bond donors (Lipinski definition) is 0. The van der Waals surface area contributed by atoms with E-state index in [-0.39, 0.29) is 24.8 Å². The number of hydrogen-bond acceptors (Lipinski definition) is 7. The van der Waals surface area contributed by atoms with Crippen LogP contribution in [-0.2, 0) is 22.4 Å². The zero-order chi connectivity index (χ0) is 25.2. The summed E-state index contributed by atoms with van der Waals surface area (Å²) < 4.78 is 16.4. The predicted octanol–water partition coefficient (Wildman–Crippen LogP) is 5.02. The Balaban J connectivity index is 1.81. The van der Waals surface area contributed by atoms with Crippen LogP contribution in [0.4, 0.5) is 5.13 Å². The normalized spacial score (nSPS) is 10.5. The summed E-state index contributed by atoms with van der Waals surface area (Å²) in [5.41, 5.74) is 2.35. The first-order valence-electron chi connectivity index (χ1n) is 11.4. The van der Waals surface area contributed by atoms with E-state index in [2.05, 4.69) is 11.6 Å². The number of aryl methyl sites for hydroxylation is 1. The standard InChI is InChI=1S/C27H30N2O5S/c1-5-10-21-13-14-22(23(17-21)32-4)34-18-24(30)29(16-15-20-11-8-7-9-12-20)27-28-25(19(3)35-27)26(31)33-6-2/h5,7-9,11-14,17H,1,6,10,15-16,18H2,2-4H3. The molecule has 0 atom stereocenters. The van der Waals surface area contributed by atoms with E-state index in [9.17, 15) is 9.59 Å². The quantitative estimate of drug-likeness (QED) is 0.260. The van der Waals surface area contributed by atoms with E-state index in [1.807, 2.05) is 48.5 Å². The molecule has 184 valence electrons. The van der Waals surface area contributed by atoms with Crippen LogP contribution in [0.3, 0.4) is 0 Å². The number of ether oxygens (including phenoxy) is 3. The summed E-state index contributed by atoms with van der Waals surface area (Å²) in [7, 11) is 1.56. The lowest BCUT2D eigenvalue weighted by molar-refractivity contribution is -0.120. The molecule has 0 spiro atoms. The van der Waals surface area contributed by atoms with E-state index in [0.717, 1.165) is 11.1 Å². The summed E-state index contributed by atoms with van der Waals surface area (Å²) >= 11 is 1.28. The molecular formula is C27H30N2O5S. The average molecular weight is 495 g/mol. The van der Waals surface area contributed by atoms with Crippen LogP contribution in [0.25, 0.3) is 0 Å². The van der Waals surface area contributed by atoms with Crippen molar-refractivity contribution in [3.8, 4) is 11.5 Å². The van der Waals surface area contributed by atoms with Crippen LogP contribution < -0.4 is 14.4 Å². The van der Waals surface area contributed by atoms with Crippen LogP contribution in [-0.4, -0.2) is 43.7 Å². The van der Waals surface area contributed by atoms with Crippen molar-refractivity contribution in [1.82, 2.24) is 4.98 Å². The molecule has 0 saturated heterocycles. The third-order valence-electron chi connectivity index (χ3n) is 5.21. The van der Waals surface area contributed by atoms with Gasteiger partial charge in [0.2, 0.25) is 0 Å². The highest BCUT2D eigenvalue weighted by Crippen LogP contribution is 2.30. The van der Waals surface area contributed by atoms with Gasteiger partial charge in [-0.1, -0.05) is 42.5 Å². The molecule has 2 aromatic carbocycles. The molecule has 1 aromatic heterocycles. The highest BCUT2D eigenvalue weighted by Gasteiger charge is 2.24. The highest BCUT2D eigenvalue weighted by molar-refractivity contribution is 7.16. The second-order valence-electron chi connectivity index (χ2n) is 7.67. The number of nitrogens with zero attached hydrogens (tertiary/aromatic N) is 2. The van der Waals surface area contributed by atoms with Crippen molar-refractivity contribution < 1.29 is 23.8 Å². The van der Waals surface area contributed by atoms with Gasteiger partial charge in [-0.15, -0.1) is 17.9 Å². The lowest BCUT2D eigenvalue weighted by Gasteiger charge is -2.20. The predicted molar refractivity (Wildman–Crippen MR) is 138 cm³/mol. The van der Waals surface area contributed by atoms with Crippen molar-refractivity contribution in [1.29, 1.82) is 0 Å². The smallest absolute Gasteiger partial charge is 0.358 e. The number of anilines is 1. The van der Waals surface area contributed by atoms with E-state index in [1.54, 1.807) is 31.9 Å². The largest absolute Gasteiger partial charge is 0.493 e. The molecule has 0 radical (unpaired) electrons. The van der Waals surface area contributed by atoms with Crippen LogP contribution >= 0.6 is 11.3 Å². The molecule has 0 aliphatic rings. The van der Waals surface area contributed by atoms with Crippen molar-refractivity contribution in [3.63, 3.8) is 0 Å². The third kappa shape index (κ3) is 6.93. The fourth-order valence-electron chi connectivity index (χ4n) is 3.44. The third-order valence-corrected chi connectivity index (χ3v) is 6.21. The van der Waals surface area contributed by atoms with Gasteiger partial charge >= 0.3 is 5.97 Å². The fourth-order valence-corrected chi connectivity index (χ4v) is 4.38. The van der Waals surface area contributed by atoms with Gasteiger partial charge in [0, 0.05) is 11.4 Å². The summed E-state index contributed by atoms with van der Waals surface area (Å²) in [6, 6.07) is 15.4. The van der Waals surface area contributed by atoms with Crippen molar-refractivity contribution in [2.24, 2.45) is 0 Å². The monoisotopic (exact) mass is 494 g/mol. The molecular weight excluding hydrogens is 464 g/mol. The minimum Gasteiger partial charge on any atom is -0.493 e. The number of carbonyl (C=O) groups is 2. The first-order chi connectivity index (χ1) is 17.0. The molecule has 35 heavy (non-hydrogen) atoms. The second-order valence-corrected chi connectivity index (χ2v) is 8.85. The molecule has 3 aromatic rings. The molecule has 0 N–H and O–H groups in total. The summed E-state index contributed by atoms with van der Waals surface area (Å²) in [6.45, 7) is 7.72. The van der Waals surface area contributed by atoms with Crippen molar-refractivity contribution >= 4 is 28.3 Å². The molecule has 0 saturated carbocycles. The Morgan fingerprint density at radius 2 is 1.89 bits per heavy atom. The Hall–Kier alpha value is -3.65. The average Bonchev–Trinajstić information content (AvgIpc) is 3.25. The zero-order valence-electron chi connectivity index (χ0n) is 20.3. The topological polar surface area (TPSA) is 78.0 Å². The molecule has 0 aliphatic carbocycles. The van der Waals surface area contributed by atoms with E-state index in [1.165, 1.54) is 11.3 Å². The van der Waals surface area contributed by atoms with Gasteiger partial charge in [-0.3, -0.25) is 9.69 Å². The van der Waals surface area contributed by atoms with Gasteiger partial charge in [-0.25, -0.2) is 9.78 Å². The highest BCUT2D eigenvalue weighted by atomic mass is 32.1. The number of methoxy groups -OCH3 is 1. The SMILES string of the molecule is C=CCc1ccc(OCC(=O)N(CCc2ccccc2)c2nc(C(=O)OCC)c(C)s2)c(OC)c1. The van der Waals surface area contributed by atoms with Gasteiger partial charge in [-0.05, 0) is 49.9 Å². The number of allylic oxidation sites excluding steroid dienone is 1. The lowest BCUT2D eigenvalue weighted by Crippen LogP contribution is -2.36. The Kier molecular flexibility index (Phi) is 9.43. The minimum absolute atomic E-state index is 0.209. The van der Waals surface area contributed by atoms with Crippen molar-refractivity contribution in [3.05, 3.63) is 82.9 Å². The van der Waals surface area contributed by atoms with Gasteiger partial charge in [-0.2, -0.15) is 0 Å². The maximum Gasteiger partial charge on any atom is 0.358 e. The van der Waals surface area contributed by atoms with Gasteiger partial charge in [0.15, 0.2) is 28.9 Å². The number of carbonyl (C=O) groups excluding carboxylic acids is 2. The molecule has 3 rings (SSSR count). The molecule has 1 amide bonds. The van der Waals surface area contributed by atoms with Gasteiger partial charge in [0.1, 0.15) is 0 Å². The van der Waals surface area contributed by atoms with Crippen molar-refractivity contribution in [2.75, 3.05) is 31.8 Å². The molecule has 0 unspecified atom stereocenters. The van der Waals surface area contributed by atoms with E-state index in [0.29, 0.717) is 40.9 Å². The number of aromatic nitrogens is 1. The molecule has 1 heterocycles. The number of thiazole rings is 1. The Morgan fingerprint density at radius 3 is 2.57 bits per heavy atom. The number of amides is 1. The van der Waals surface area contributed by atoms with Gasteiger partial charge in [0.25, 0.3) is 5.91 Å². The molecule has 7 nitrogen and oxygen atoms in total. The summed E-state index contributed by atoms with van der Waals surface area (Å²) in [5, 5.41) is 0.434. The maximum absolute atomic E-state index is 13.3.